The summed E-state index contributed by atoms with van der Waals surface area (Å²) in [6, 6.07) is 25.6. The molecule has 0 aliphatic carbocycles. The fourth-order valence-corrected chi connectivity index (χ4v) is 4.22. The summed E-state index contributed by atoms with van der Waals surface area (Å²) in [6.07, 6.45) is 2.96. The van der Waals surface area contributed by atoms with Gasteiger partial charge in [-0.15, -0.1) is 0 Å². The maximum absolute atomic E-state index is 5.74. The molecule has 0 aliphatic heterocycles. The third-order valence-electron chi connectivity index (χ3n) is 5.47. The minimum absolute atomic E-state index is 0.565. The highest BCUT2D eigenvalue weighted by Gasteiger charge is 2.14. The van der Waals surface area contributed by atoms with Gasteiger partial charge in [0.1, 0.15) is 0 Å². The summed E-state index contributed by atoms with van der Waals surface area (Å²) < 4.78 is 1.07. The van der Waals surface area contributed by atoms with Crippen molar-refractivity contribution in [2.75, 3.05) is 0 Å². The first kappa shape index (κ1) is 20.5. The zero-order chi connectivity index (χ0) is 21.1. The highest BCUT2D eigenvalue weighted by atomic mass is 79.9. The molecule has 3 heteroatoms. The summed E-state index contributed by atoms with van der Waals surface area (Å²) in [7, 11) is 0. The van der Waals surface area contributed by atoms with Crippen LogP contribution in [0.3, 0.4) is 0 Å². The number of allylic oxidation sites excluding steroid dienone is 1. The van der Waals surface area contributed by atoms with E-state index in [1.807, 2.05) is 0 Å². The predicted molar refractivity (Wildman–Crippen MR) is 131 cm³/mol. The van der Waals surface area contributed by atoms with Crippen molar-refractivity contribution in [3.8, 4) is 0 Å². The molecule has 0 unspecified atom stereocenters. The van der Waals surface area contributed by atoms with Gasteiger partial charge in [-0.2, -0.15) is 0 Å². The molecule has 0 aliphatic rings. The molecule has 0 saturated heterocycles. The van der Waals surface area contributed by atoms with Gasteiger partial charge in [0.05, 0.1) is 5.69 Å². The average molecular weight is 457 g/mol. The van der Waals surface area contributed by atoms with Crippen molar-refractivity contribution in [2.45, 2.75) is 26.8 Å². The molecule has 0 spiro atoms. The molecule has 3 aromatic carbocycles. The largest absolute Gasteiger partial charge is 0.326 e. The average Bonchev–Trinajstić information content (AvgIpc) is 2.77. The van der Waals surface area contributed by atoms with Crippen LogP contribution < -0.4 is 5.73 Å². The Hall–Kier alpha value is -2.75. The number of fused-ring (bicyclic) bond motifs is 1. The Morgan fingerprint density at radius 1 is 0.967 bits per heavy atom. The number of pyridine rings is 1. The van der Waals surface area contributed by atoms with Crippen molar-refractivity contribution in [1.82, 2.24) is 4.98 Å². The number of hydrogen-bond acceptors (Lipinski definition) is 2. The van der Waals surface area contributed by atoms with Crippen molar-refractivity contribution in [3.63, 3.8) is 0 Å². The second-order valence-corrected chi connectivity index (χ2v) is 8.46. The van der Waals surface area contributed by atoms with Crippen LogP contribution in [0.15, 0.2) is 83.3 Å². The van der Waals surface area contributed by atoms with Crippen molar-refractivity contribution in [2.24, 2.45) is 5.73 Å². The van der Waals surface area contributed by atoms with Gasteiger partial charge in [-0.3, -0.25) is 4.98 Å². The fraction of sp³-hybridized carbons (Fsp3) is 0.148. The Bertz CT molecular complexity index is 1220. The molecular formula is C27H25BrN2. The lowest BCUT2D eigenvalue weighted by atomic mass is 9.93. The highest BCUT2D eigenvalue weighted by Crippen LogP contribution is 2.32. The van der Waals surface area contributed by atoms with Gasteiger partial charge in [-0.05, 0) is 59.7 Å². The first-order valence-corrected chi connectivity index (χ1v) is 11.0. The van der Waals surface area contributed by atoms with Crippen LogP contribution in [-0.2, 0) is 13.0 Å². The van der Waals surface area contributed by atoms with Gasteiger partial charge in [-0.1, -0.05) is 76.6 Å². The van der Waals surface area contributed by atoms with E-state index < -0.39 is 0 Å². The number of hydrogen-bond donors (Lipinski definition) is 1. The van der Waals surface area contributed by atoms with E-state index in [2.05, 4.69) is 109 Å². The van der Waals surface area contributed by atoms with E-state index in [4.69, 9.17) is 10.7 Å². The van der Waals surface area contributed by atoms with E-state index >= 15 is 0 Å². The molecule has 0 fully saturated rings. The number of benzene rings is 3. The maximum Gasteiger partial charge on any atom is 0.0786 e. The summed E-state index contributed by atoms with van der Waals surface area (Å²) in [5.74, 6) is 0. The van der Waals surface area contributed by atoms with Crippen LogP contribution in [0.1, 0.15) is 40.6 Å². The van der Waals surface area contributed by atoms with Crippen molar-refractivity contribution in [3.05, 3.63) is 117 Å². The van der Waals surface area contributed by atoms with Gasteiger partial charge >= 0.3 is 0 Å². The Morgan fingerprint density at radius 2 is 1.70 bits per heavy atom. The second kappa shape index (κ2) is 8.95. The summed E-state index contributed by atoms with van der Waals surface area (Å²) in [6.45, 7) is 4.80. The maximum atomic E-state index is 5.74. The molecule has 0 atom stereocenters. The zero-order valence-corrected chi connectivity index (χ0v) is 18.9. The molecule has 30 heavy (non-hydrogen) atoms. The number of aromatic nitrogens is 1. The predicted octanol–water partition coefficient (Wildman–Crippen LogP) is 6.81. The van der Waals surface area contributed by atoms with Gasteiger partial charge in [0.15, 0.2) is 0 Å². The van der Waals surface area contributed by atoms with E-state index in [0.29, 0.717) is 6.54 Å². The molecule has 150 valence electrons. The summed E-state index contributed by atoms with van der Waals surface area (Å²) in [4.78, 5) is 5.15. The number of rotatable bonds is 5. The SMILES string of the molecule is C/C=C(\c1cc(Br)ccc1C)c1nc(Cc2ccc(CN)cc2)cc2ccccc12. The van der Waals surface area contributed by atoms with E-state index in [1.54, 1.807) is 0 Å². The molecule has 4 rings (SSSR count). The molecule has 0 saturated carbocycles. The Balaban J connectivity index is 1.84. The number of nitrogens with two attached hydrogens (primary N) is 1. The molecule has 0 bridgehead atoms. The molecule has 0 amide bonds. The van der Waals surface area contributed by atoms with Crippen LogP contribution >= 0.6 is 15.9 Å². The van der Waals surface area contributed by atoms with Crippen LogP contribution in [0, 0.1) is 6.92 Å². The summed E-state index contributed by atoms with van der Waals surface area (Å²) in [5, 5.41) is 2.38. The van der Waals surface area contributed by atoms with E-state index in [1.165, 1.54) is 27.5 Å². The molecule has 2 N–H and O–H groups in total. The molecule has 1 aromatic heterocycles. The quantitative estimate of drug-likeness (QED) is 0.358. The van der Waals surface area contributed by atoms with Gasteiger partial charge in [0.2, 0.25) is 0 Å². The van der Waals surface area contributed by atoms with Crippen molar-refractivity contribution in [1.29, 1.82) is 0 Å². The molecule has 0 radical (unpaired) electrons. The van der Waals surface area contributed by atoms with Gasteiger partial charge < -0.3 is 5.73 Å². The monoisotopic (exact) mass is 456 g/mol. The van der Waals surface area contributed by atoms with Crippen LogP contribution in [0.25, 0.3) is 16.3 Å². The fourth-order valence-electron chi connectivity index (χ4n) is 3.86. The lowest BCUT2D eigenvalue weighted by Gasteiger charge is -2.15. The number of aryl methyl sites for hydroxylation is 1. The third kappa shape index (κ3) is 4.23. The molecule has 2 nitrogen and oxygen atoms in total. The Morgan fingerprint density at radius 3 is 2.43 bits per heavy atom. The van der Waals surface area contributed by atoms with Crippen LogP contribution in [0.4, 0.5) is 0 Å². The van der Waals surface area contributed by atoms with Gasteiger partial charge in [-0.25, -0.2) is 0 Å². The summed E-state index contributed by atoms with van der Waals surface area (Å²) >= 11 is 3.63. The Kier molecular flexibility index (Phi) is 6.12. The molecule has 1 heterocycles. The Labute approximate surface area is 186 Å². The smallest absolute Gasteiger partial charge is 0.0786 e. The lowest BCUT2D eigenvalue weighted by molar-refractivity contribution is 1.05. The minimum atomic E-state index is 0.565. The molecule has 4 aromatic rings. The number of halogens is 1. The zero-order valence-electron chi connectivity index (χ0n) is 17.3. The lowest BCUT2D eigenvalue weighted by Crippen LogP contribution is -2.01. The normalized spacial score (nSPS) is 11.8. The summed E-state index contributed by atoms with van der Waals surface area (Å²) in [5.41, 5.74) is 13.8. The van der Waals surface area contributed by atoms with Crippen molar-refractivity contribution >= 4 is 32.3 Å². The first-order chi connectivity index (χ1) is 14.6. The van der Waals surface area contributed by atoms with Crippen LogP contribution in [0.5, 0.6) is 0 Å². The minimum Gasteiger partial charge on any atom is -0.326 e. The first-order valence-electron chi connectivity index (χ1n) is 10.2. The van der Waals surface area contributed by atoms with E-state index in [-0.39, 0.29) is 0 Å². The van der Waals surface area contributed by atoms with Crippen molar-refractivity contribution < 1.29 is 0 Å². The second-order valence-electron chi connectivity index (χ2n) is 7.54. The standard InChI is InChI=1S/C27H25BrN2/c1-3-24(26-16-22(28)13-8-18(26)2)27-25-7-5-4-6-21(25)15-23(30-27)14-19-9-11-20(17-29)12-10-19/h3-13,15-16H,14,17,29H2,1-2H3/b24-3+. The van der Waals surface area contributed by atoms with Gasteiger partial charge in [0.25, 0.3) is 0 Å². The van der Waals surface area contributed by atoms with Crippen LogP contribution in [0.2, 0.25) is 0 Å². The van der Waals surface area contributed by atoms with E-state index in [9.17, 15) is 0 Å². The van der Waals surface area contributed by atoms with Gasteiger partial charge in [0, 0.05) is 34.1 Å². The number of nitrogens with zero attached hydrogens (tertiary/aromatic N) is 1. The molecular weight excluding hydrogens is 432 g/mol. The third-order valence-corrected chi connectivity index (χ3v) is 5.96. The van der Waals surface area contributed by atoms with Crippen LogP contribution in [-0.4, -0.2) is 4.98 Å². The topological polar surface area (TPSA) is 38.9 Å². The van der Waals surface area contributed by atoms with E-state index in [0.717, 1.165) is 33.4 Å². The highest BCUT2D eigenvalue weighted by molar-refractivity contribution is 9.10.